The summed E-state index contributed by atoms with van der Waals surface area (Å²) < 4.78 is 5.92. The lowest BCUT2D eigenvalue weighted by Gasteiger charge is -2.32. The number of ether oxygens (including phenoxy) is 1. The Morgan fingerprint density at radius 2 is 2.00 bits per heavy atom. The summed E-state index contributed by atoms with van der Waals surface area (Å²) in [5.74, 6) is 2.58. The first kappa shape index (κ1) is 15.7. The van der Waals surface area contributed by atoms with Crippen LogP contribution < -0.4 is 9.64 Å². The minimum Gasteiger partial charge on any atom is -0.493 e. The molecule has 1 aliphatic rings. The molecule has 0 aliphatic carbocycles. The minimum absolute atomic E-state index is 0.604. The monoisotopic (exact) mass is 312 g/mol. The van der Waals surface area contributed by atoms with Crippen LogP contribution in [0.1, 0.15) is 31.2 Å². The van der Waals surface area contributed by atoms with Gasteiger partial charge in [0.15, 0.2) is 0 Å². The lowest BCUT2D eigenvalue weighted by atomic mass is 9.98. The van der Waals surface area contributed by atoms with Crippen molar-refractivity contribution in [2.45, 2.75) is 33.1 Å². The van der Waals surface area contributed by atoms with Crippen molar-refractivity contribution < 1.29 is 4.74 Å². The SMILES string of the molecule is CCc1cc(N2CCC(COc3ccnc(C)c3)CC2)ncn1. The van der Waals surface area contributed by atoms with Gasteiger partial charge in [0.25, 0.3) is 0 Å². The number of nitrogens with zero attached hydrogens (tertiary/aromatic N) is 4. The Kier molecular flexibility index (Phi) is 5.05. The van der Waals surface area contributed by atoms with Crippen molar-refractivity contribution in [3.8, 4) is 5.75 Å². The topological polar surface area (TPSA) is 51.1 Å². The van der Waals surface area contributed by atoms with Gasteiger partial charge in [0.2, 0.25) is 0 Å². The Morgan fingerprint density at radius 1 is 1.17 bits per heavy atom. The predicted molar refractivity (Wildman–Crippen MR) is 90.8 cm³/mol. The van der Waals surface area contributed by atoms with Crippen molar-refractivity contribution in [2.24, 2.45) is 5.92 Å². The average molecular weight is 312 g/mol. The van der Waals surface area contributed by atoms with Crippen molar-refractivity contribution in [1.29, 1.82) is 0 Å². The molecule has 1 saturated heterocycles. The molecule has 122 valence electrons. The second-order valence-electron chi connectivity index (χ2n) is 6.10. The molecule has 0 bridgehead atoms. The van der Waals surface area contributed by atoms with E-state index in [2.05, 4.69) is 32.8 Å². The van der Waals surface area contributed by atoms with E-state index in [0.29, 0.717) is 5.92 Å². The van der Waals surface area contributed by atoms with E-state index in [1.165, 1.54) is 0 Å². The van der Waals surface area contributed by atoms with Crippen LogP contribution in [-0.4, -0.2) is 34.6 Å². The van der Waals surface area contributed by atoms with E-state index in [9.17, 15) is 0 Å². The van der Waals surface area contributed by atoms with Crippen molar-refractivity contribution in [3.05, 3.63) is 42.1 Å². The highest BCUT2D eigenvalue weighted by Crippen LogP contribution is 2.23. The number of rotatable bonds is 5. The van der Waals surface area contributed by atoms with Crippen LogP contribution in [0.3, 0.4) is 0 Å². The number of anilines is 1. The van der Waals surface area contributed by atoms with Gasteiger partial charge in [0.05, 0.1) is 6.61 Å². The van der Waals surface area contributed by atoms with Gasteiger partial charge in [-0.2, -0.15) is 0 Å². The maximum Gasteiger partial charge on any atom is 0.132 e. The lowest BCUT2D eigenvalue weighted by molar-refractivity contribution is 0.222. The standard InChI is InChI=1S/C18H24N4O/c1-3-16-11-18(21-13-20-16)22-8-5-15(6-9-22)12-23-17-4-7-19-14(2)10-17/h4,7,10-11,13,15H,3,5-6,8-9,12H2,1-2H3. The molecule has 1 fully saturated rings. The summed E-state index contributed by atoms with van der Waals surface area (Å²) in [4.78, 5) is 15.2. The van der Waals surface area contributed by atoms with Crippen LogP contribution in [0.2, 0.25) is 0 Å². The lowest BCUT2D eigenvalue weighted by Crippen LogP contribution is -2.36. The molecule has 5 heteroatoms. The molecule has 3 heterocycles. The van der Waals surface area contributed by atoms with E-state index in [1.807, 2.05) is 19.1 Å². The van der Waals surface area contributed by atoms with Crippen LogP contribution in [-0.2, 0) is 6.42 Å². The second-order valence-corrected chi connectivity index (χ2v) is 6.10. The Bertz CT molecular complexity index is 638. The van der Waals surface area contributed by atoms with Gasteiger partial charge >= 0.3 is 0 Å². The number of hydrogen-bond acceptors (Lipinski definition) is 5. The van der Waals surface area contributed by atoms with Crippen LogP contribution in [0, 0.1) is 12.8 Å². The molecule has 3 rings (SSSR count). The zero-order chi connectivity index (χ0) is 16.1. The molecule has 0 aromatic carbocycles. The third-order valence-electron chi connectivity index (χ3n) is 4.36. The van der Waals surface area contributed by atoms with Crippen LogP contribution in [0.15, 0.2) is 30.7 Å². The Labute approximate surface area is 137 Å². The van der Waals surface area contributed by atoms with E-state index < -0.39 is 0 Å². The fourth-order valence-electron chi connectivity index (χ4n) is 2.90. The van der Waals surface area contributed by atoms with Gasteiger partial charge in [-0.3, -0.25) is 4.98 Å². The number of piperidine rings is 1. The summed E-state index contributed by atoms with van der Waals surface area (Å²) >= 11 is 0. The first-order chi connectivity index (χ1) is 11.2. The van der Waals surface area contributed by atoms with E-state index in [0.717, 1.165) is 61.9 Å². The zero-order valence-electron chi connectivity index (χ0n) is 13.9. The van der Waals surface area contributed by atoms with Gasteiger partial charge < -0.3 is 9.64 Å². The summed E-state index contributed by atoms with van der Waals surface area (Å²) in [5.41, 5.74) is 2.10. The maximum absolute atomic E-state index is 5.92. The molecule has 0 amide bonds. The molecule has 0 unspecified atom stereocenters. The summed E-state index contributed by atoms with van der Waals surface area (Å²) in [6, 6.07) is 6.02. The van der Waals surface area contributed by atoms with Crippen LogP contribution >= 0.6 is 0 Å². The molecule has 0 spiro atoms. The molecule has 2 aromatic heterocycles. The van der Waals surface area contributed by atoms with Crippen LogP contribution in [0.4, 0.5) is 5.82 Å². The first-order valence-electron chi connectivity index (χ1n) is 8.36. The molecule has 0 atom stereocenters. The maximum atomic E-state index is 5.92. The van der Waals surface area contributed by atoms with Crippen LogP contribution in [0.25, 0.3) is 0 Å². The molecule has 1 aliphatic heterocycles. The van der Waals surface area contributed by atoms with Gasteiger partial charge in [-0.15, -0.1) is 0 Å². The van der Waals surface area contributed by atoms with Crippen molar-refractivity contribution in [1.82, 2.24) is 15.0 Å². The molecule has 2 aromatic rings. The van der Waals surface area contributed by atoms with Gasteiger partial charge in [-0.05, 0) is 38.2 Å². The van der Waals surface area contributed by atoms with Crippen molar-refractivity contribution in [2.75, 3.05) is 24.6 Å². The van der Waals surface area contributed by atoms with Crippen LogP contribution in [0.5, 0.6) is 5.75 Å². The summed E-state index contributed by atoms with van der Waals surface area (Å²) in [7, 11) is 0. The molecule has 0 N–H and O–H groups in total. The molecule has 5 nitrogen and oxygen atoms in total. The predicted octanol–water partition coefficient (Wildman–Crippen LogP) is 3.04. The molecule has 0 saturated carbocycles. The summed E-state index contributed by atoms with van der Waals surface area (Å²) in [6.45, 7) is 6.95. The van der Waals surface area contributed by atoms with Gasteiger partial charge in [-0.1, -0.05) is 6.92 Å². The third kappa shape index (κ3) is 4.18. The van der Waals surface area contributed by atoms with E-state index in [4.69, 9.17) is 4.74 Å². The first-order valence-corrected chi connectivity index (χ1v) is 8.36. The largest absolute Gasteiger partial charge is 0.493 e. The second kappa shape index (κ2) is 7.40. The third-order valence-corrected chi connectivity index (χ3v) is 4.36. The molecule has 0 radical (unpaired) electrons. The van der Waals surface area contributed by atoms with Crippen molar-refractivity contribution in [3.63, 3.8) is 0 Å². The van der Waals surface area contributed by atoms with Gasteiger partial charge in [-0.25, -0.2) is 9.97 Å². The average Bonchev–Trinajstić information content (AvgIpc) is 2.60. The number of hydrogen-bond donors (Lipinski definition) is 0. The number of pyridine rings is 1. The highest BCUT2D eigenvalue weighted by Gasteiger charge is 2.21. The fraction of sp³-hybridized carbons (Fsp3) is 0.500. The van der Waals surface area contributed by atoms with E-state index in [1.54, 1.807) is 12.5 Å². The normalized spacial score (nSPS) is 15.7. The number of aromatic nitrogens is 3. The molecular weight excluding hydrogens is 288 g/mol. The quantitative estimate of drug-likeness (QED) is 0.849. The Balaban J connectivity index is 1.50. The minimum atomic E-state index is 0.604. The molecule has 23 heavy (non-hydrogen) atoms. The smallest absolute Gasteiger partial charge is 0.132 e. The van der Waals surface area contributed by atoms with E-state index in [-0.39, 0.29) is 0 Å². The summed E-state index contributed by atoms with van der Waals surface area (Å²) in [6.07, 6.45) is 6.69. The highest BCUT2D eigenvalue weighted by molar-refractivity contribution is 5.39. The zero-order valence-corrected chi connectivity index (χ0v) is 13.9. The van der Waals surface area contributed by atoms with Gasteiger partial charge in [0, 0.05) is 42.8 Å². The van der Waals surface area contributed by atoms with E-state index >= 15 is 0 Å². The van der Waals surface area contributed by atoms with Gasteiger partial charge in [0.1, 0.15) is 17.9 Å². The highest BCUT2D eigenvalue weighted by atomic mass is 16.5. The number of aryl methyl sites for hydroxylation is 2. The Hall–Kier alpha value is -2.17. The fourth-order valence-corrected chi connectivity index (χ4v) is 2.90. The molecular formula is C18H24N4O. The van der Waals surface area contributed by atoms with Crippen molar-refractivity contribution >= 4 is 5.82 Å². The Morgan fingerprint density at radius 3 is 2.74 bits per heavy atom. The summed E-state index contributed by atoms with van der Waals surface area (Å²) in [5, 5.41) is 0.